The summed E-state index contributed by atoms with van der Waals surface area (Å²) in [5.74, 6) is 1.09. The van der Waals surface area contributed by atoms with Crippen LogP contribution in [0.15, 0.2) is 22.7 Å². The van der Waals surface area contributed by atoms with Crippen LogP contribution in [0.4, 0.5) is 5.82 Å². The molecule has 0 aliphatic rings. The zero-order chi connectivity index (χ0) is 13.5. The number of halogens is 2. The molecular weight excluding hydrogens is 271 g/mol. The first-order chi connectivity index (χ1) is 8.30. The molecule has 2 N–H and O–H groups in total. The molecule has 0 bridgehead atoms. The van der Waals surface area contributed by atoms with Crippen LogP contribution in [-0.2, 0) is 5.41 Å². The van der Waals surface area contributed by atoms with Crippen LogP contribution in [0.1, 0.15) is 26.5 Å². The third-order valence-corrected chi connectivity index (χ3v) is 3.35. The molecule has 0 fully saturated rings. The first-order valence-corrected chi connectivity index (χ1v) is 6.27. The summed E-state index contributed by atoms with van der Waals surface area (Å²) < 4.78 is 5.33. The highest BCUT2D eigenvalue weighted by atomic mass is 35.5. The summed E-state index contributed by atoms with van der Waals surface area (Å²) in [6, 6.07) is 5.35. The molecule has 5 heteroatoms. The summed E-state index contributed by atoms with van der Waals surface area (Å²) in [7, 11) is 0. The van der Waals surface area contributed by atoms with E-state index in [4.69, 9.17) is 33.5 Å². The minimum absolute atomic E-state index is 0.188. The van der Waals surface area contributed by atoms with Gasteiger partial charge in [0, 0.05) is 5.41 Å². The molecule has 0 amide bonds. The SMILES string of the molecule is CC(C)(C)c1onc(N)c1-c1ccc(Cl)c(Cl)c1. The largest absolute Gasteiger partial charge is 0.380 e. The maximum absolute atomic E-state index is 6.03. The van der Waals surface area contributed by atoms with E-state index >= 15 is 0 Å². The Morgan fingerprint density at radius 1 is 1.17 bits per heavy atom. The van der Waals surface area contributed by atoms with Gasteiger partial charge >= 0.3 is 0 Å². The van der Waals surface area contributed by atoms with Gasteiger partial charge in [-0.3, -0.25) is 0 Å². The van der Waals surface area contributed by atoms with E-state index in [-0.39, 0.29) is 5.41 Å². The van der Waals surface area contributed by atoms with E-state index < -0.39 is 0 Å². The van der Waals surface area contributed by atoms with Crippen molar-refractivity contribution < 1.29 is 4.52 Å². The van der Waals surface area contributed by atoms with Gasteiger partial charge in [-0.05, 0) is 17.7 Å². The van der Waals surface area contributed by atoms with Crippen molar-refractivity contribution in [3.8, 4) is 11.1 Å². The number of aromatic nitrogens is 1. The van der Waals surface area contributed by atoms with Crippen LogP contribution >= 0.6 is 23.2 Å². The summed E-state index contributed by atoms with van der Waals surface area (Å²) in [4.78, 5) is 0. The molecular formula is C13H14Cl2N2O. The van der Waals surface area contributed by atoms with Crippen molar-refractivity contribution in [2.45, 2.75) is 26.2 Å². The Hall–Kier alpha value is -1.19. The van der Waals surface area contributed by atoms with Crippen LogP contribution in [0.3, 0.4) is 0 Å². The quantitative estimate of drug-likeness (QED) is 0.837. The minimum atomic E-state index is -0.188. The van der Waals surface area contributed by atoms with Crippen molar-refractivity contribution in [1.29, 1.82) is 0 Å². The molecule has 96 valence electrons. The van der Waals surface area contributed by atoms with Gasteiger partial charge in [-0.15, -0.1) is 0 Å². The van der Waals surface area contributed by atoms with Gasteiger partial charge in [0.2, 0.25) is 0 Å². The molecule has 3 nitrogen and oxygen atoms in total. The maximum atomic E-state index is 6.03. The topological polar surface area (TPSA) is 52.0 Å². The number of hydrogen-bond acceptors (Lipinski definition) is 3. The molecule has 0 saturated heterocycles. The lowest BCUT2D eigenvalue weighted by Crippen LogP contribution is -2.11. The first kappa shape index (κ1) is 13.2. The summed E-state index contributed by atoms with van der Waals surface area (Å²) in [5, 5.41) is 4.83. The highest BCUT2D eigenvalue weighted by Gasteiger charge is 2.26. The third-order valence-electron chi connectivity index (χ3n) is 2.61. The third kappa shape index (κ3) is 2.33. The second-order valence-electron chi connectivity index (χ2n) is 5.15. The van der Waals surface area contributed by atoms with Crippen LogP contribution in [0.2, 0.25) is 10.0 Å². The first-order valence-electron chi connectivity index (χ1n) is 5.51. The number of benzene rings is 1. The number of nitrogens with zero attached hydrogens (tertiary/aromatic N) is 1. The monoisotopic (exact) mass is 284 g/mol. The zero-order valence-electron chi connectivity index (χ0n) is 10.4. The molecule has 0 unspecified atom stereocenters. The Kier molecular flexibility index (Phi) is 3.30. The fourth-order valence-corrected chi connectivity index (χ4v) is 2.04. The number of rotatable bonds is 1. The lowest BCUT2D eigenvalue weighted by Gasteiger charge is -2.16. The van der Waals surface area contributed by atoms with E-state index in [1.807, 2.05) is 26.8 Å². The average Bonchev–Trinajstić information content (AvgIpc) is 2.64. The Morgan fingerprint density at radius 3 is 2.39 bits per heavy atom. The van der Waals surface area contributed by atoms with E-state index in [9.17, 15) is 0 Å². The normalized spacial score (nSPS) is 11.8. The van der Waals surface area contributed by atoms with Gasteiger partial charge in [-0.25, -0.2) is 0 Å². The Labute approximate surface area is 116 Å². The van der Waals surface area contributed by atoms with E-state index in [1.165, 1.54) is 0 Å². The van der Waals surface area contributed by atoms with Gasteiger partial charge in [0.25, 0.3) is 0 Å². The highest BCUT2D eigenvalue weighted by Crippen LogP contribution is 2.38. The van der Waals surface area contributed by atoms with Crippen molar-refractivity contribution in [3.05, 3.63) is 34.0 Å². The lowest BCUT2D eigenvalue weighted by atomic mass is 9.88. The Morgan fingerprint density at radius 2 is 1.83 bits per heavy atom. The van der Waals surface area contributed by atoms with Crippen LogP contribution in [0.5, 0.6) is 0 Å². The molecule has 2 rings (SSSR count). The predicted octanol–water partition coefficient (Wildman–Crippen LogP) is 4.53. The van der Waals surface area contributed by atoms with Crippen LogP contribution in [0.25, 0.3) is 11.1 Å². The van der Waals surface area contributed by atoms with Crippen molar-refractivity contribution >= 4 is 29.0 Å². The van der Waals surface area contributed by atoms with E-state index in [0.717, 1.165) is 16.9 Å². The van der Waals surface area contributed by atoms with Crippen molar-refractivity contribution in [2.75, 3.05) is 5.73 Å². The van der Waals surface area contributed by atoms with Crippen LogP contribution < -0.4 is 5.73 Å². The van der Waals surface area contributed by atoms with Gasteiger partial charge in [0.1, 0.15) is 0 Å². The molecule has 1 aromatic heterocycles. The van der Waals surface area contributed by atoms with Gasteiger partial charge in [0.15, 0.2) is 11.6 Å². The van der Waals surface area contributed by atoms with Crippen molar-refractivity contribution in [3.63, 3.8) is 0 Å². The van der Waals surface area contributed by atoms with E-state index in [1.54, 1.807) is 12.1 Å². The van der Waals surface area contributed by atoms with Crippen LogP contribution in [-0.4, -0.2) is 5.16 Å². The molecule has 1 heterocycles. The molecule has 0 aliphatic carbocycles. The molecule has 0 radical (unpaired) electrons. The molecule has 0 aliphatic heterocycles. The number of nitrogen functional groups attached to an aromatic ring is 1. The van der Waals surface area contributed by atoms with E-state index in [2.05, 4.69) is 5.16 Å². The summed E-state index contributed by atoms with van der Waals surface area (Å²) in [6.45, 7) is 6.11. The van der Waals surface area contributed by atoms with Gasteiger partial charge in [0.05, 0.1) is 15.6 Å². The number of anilines is 1. The summed E-state index contributed by atoms with van der Waals surface area (Å²) in [6.07, 6.45) is 0. The van der Waals surface area contributed by atoms with Crippen molar-refractivity contribution in [1.82, 2.24) is 5.16 Å². The zero-order valence-corrected chi connectivity index (χ0v) is 11.9. The molecule has 0 saturated carbocycles. The Balaban J connectivity index is 2.63. The summed E-state index contributed by atoms with van der Waals surface area (Å²) in [5.41, 5.74) is 7.32. The fraction of sp³-hybridized carbons (Fsp3) is 0.308. The molecule has 1 aromatic carbocycles. The molecule has 0 atom stereocenters. The molecule has 2 aromatic rings. The summed E-state index contributed by atoms with van der Waals surface area (Å²) >= 11 is 11.9. The maximum Gasteiger partial charge on any atom is 0.175 e. The van der Waals surface area contributed by atoms with Gasteiger partial charge in [-0.1, -0.05) is 55.2 Å². The number of nitrogens with two attached hydrogens (primary N) is 1. The standard InChI is InChI=1S/C13H14Cl2N2O/c1-13(2,3)11-10(12(16)17-18-11)7-4-5-8(14)9(15)6-7/h4-6H,1-3H3,(H2,16,17). The highest BCUT2D eigenvalue weighted by molar-refractivity contribution is 6.42. The second kappa shape index (κ2) is 4.48. The lowest BCUT2D eigenvalue weighted by molar-refractivity contribution is 0.332. The van der Waals surface area contributed by atoms with Gasteiger partial charge < -0.3 is 10.3 Å². The molecule has 18 heavy (non-hydrogen) atoms. The average molecular weight is 285 g/mol. The minimum Gasteiger partial charge on any atom is -0.380 e. The van der Waals surface area contributed by atoms with Crippen molar-refractivity contribution in [2.24, 2.45) is 0 Å². The van der Waals surface area contributed by atoms with Gasteiger partial charge in [-0.2, -0.15) is 0 Å². The number of hydrogen-bond donors (Lipinski definition) is 1. The predicted molar refractivity (Wildman–Crippen MR) is 75.1 cm³/mol. The fourth-order valence-electron chi connectivity index (χ4n) is 1.74. The van der Waals surface area contributed by atoms with E-state index in [0.29, 0.717) is 15.9 Å². The second-order valence-corrected chi connectivity index (χ2v) is 5.97. The molecule has 0 spiro atoms. The van der Waals surface area contributed by atoms with Crippen LogP contribution in [0, 0.1) is 0 Å². The smallest absolute Gasteiger partial charge is 0.175 e. The Bertz CT molecular complexity index is 585.